The van der Waals surface area contributed by atoms with Gasteiger partial charge in [-0.05, 0) is 97.6 Å². The minimum absolute atomic E-state index is 0.248. The summed E-state index contributed by atoms with van der Waals surface area (Å²) in [5.74, 6) is 2.58. The fourth-order valence-corrected chi connectivity index (χ4v) is 6.45. The molecule has 0 radical (unpaired) electrons. The SMILES string of the molecule is CC(C)c1ccc(C(C)C)c(N=C=NCc2c(C(C)C)cc(C(C)C)c(N=C=NCc3c(C(C)C)cccc3C(C)C)c2C(C)C)c1. The number of hydrogen-bond donors (Lipinski definition) is 0. The summed E-state index contributed by atoms with van der Waals surface area (Å²) in [5, 5.41) is 0. The van der Waals surface area contributed by atoms with E-state index < -0.39 is 0 Å². The van der Waals surface area contributed by atoms with Gasteiger partial charge in [-0.2, -0.15) is 9.98 Å². The lowest BCUT2D eigenvalue weighted by atomic mass is 9.82. The van der Waals surface area contributed by atoms with Gasteiger partial charge >= 0.3 is 0 Å². The minimum atomic E-state index is 0.248. The lowest BCUT2D eigenvalue weighted by Crippen LogP contribution is -2.07. The van der Waals surface area contributed by atoms with Gasteiger partial charge in [-0.1, -0.05) is 133 Å². The lowest BCUT2D eigenvalue weighted by molar-refractivity contribution is 0.776. The third-order valence-electron chi connectivity index (χ3n) is 9.12. The first-order valence-corrected chi connectivity index (χ1v) is 17.8. The first-order chi connectivity index (χ1) is 22.1. The van der Waals surface area contributed by atoms with Crippen LogP contribution in [0.1, 0.15) is 188 Å². The van der Waals surface area contributed by atoms with Crippen LogP contribution < -0.4 is 0 Å². The van der Waals surface area contributed by atoms with Gasteiger partial charge in [-0.25, -0.2) is 9.98 Å². The molecule has 0 heterocycles. The number of benzene rings is 3. The Bertz CT molecular complexity index is 1610. The molecule has 0 aliphatic heterocycles. The van der Waals surface area contributed by atoms with Crippen molar-refractivity contribution in [3.63, 3.8) is 0 Å². The van der Waals surface area contributed by atoms with Crippen molar-refractivity contribution in [3.8, 4) is 0 Å². The average molecular weight is 633 g/mol. The van der Waals surface area contributed by atoms with E-state index in [4.69, 9.17) is 20.0 Å². The molecule has 3 aromatic carbocycles. The van der Waals surface area contributed by atoms with Crippen LogP contribution in [0.5, 0.6) is 0 Å². The van der Waals surface area contributed by atoms with E-state index in [2.05, 4.69) is 151 Å². The standard InChI is InChI=1S/C43H60N4/c1-26(2)33-18-19-36(29(7)8)41(20-33)46-24-45-23-40-37(30(9)10)21-38(31(11)12)43(42(40)32(13)14)47-25-44-22-39-34(27(3)4)16-15-17-35(39)28(5)6/h15-21,26-32H,22-23H2,1-14H3. The number of nitrogens with zero attached hydrogens (tertiary/aromatic N) is 4. The van der Waals surface area contributed by atoms with Crippen LogP contribution in [0.25, 0.3) is 0 Å². The van der Waals surface area contributed by atoms with Crippen molar-refractivity contribution >= 4 is 23.4 Å². The van der Waals surface area contributed by atoms with Crippen molar-refractivity contribution in [1.82, 2.24) is 0 Å². The Morgan fingerprint density at radius 3 is 1.47 bits per heavy atom. The molecule has 252 valence electrons. The number of aliphatic imine (C=N–C) groups is 4. The van der Waals surface area contributed by atoms with Gasteiger partial charge in [-0.15, -0.1) is 0 Å². The van der Waals surface area contributed by atoms with Crippen LogP contribution in [0.3, 0.4) is 0 Å². The smallest absolute Gasteiger partial charge is 0.0952 e. The molecular weight excluding hydrogens is 573 g/mol. The van der Waals surface area contributed by atoms with E-state index >= 15 is 0 Å². The molecular formula is C43H60N4. The van der Waals surface area contributed by atoms with Crippen LogP contribution >= 0.6 is 0 Å². The Labute approximate surface area is 286 Å². The van der Waals surface area contributed by atoms with Crippen molar-refractivity contribution in [1.29, 1.82) is 0 Å². The Balaban J connectivity index is 2.14. The van der Waals surface area contributed by atoms with E-state index in [0.29, 0.717) is 48.6 Å². The molecule has 0 amide bonds. The molecule has 0 aromatic heterocycles. The Hall–Kier alpha value is -3.58. The molecule has 3 rings (SSSR count). The van der Waals surface area contributed by atoms with Crippen molar-refractivity contribution in [2.24, 2.45) is 20.0 Å². The highest BCUT2D eigenvalue weighted by Gasteiger charge is 2.23. The largest absolute Gasteiger partial charge is 0.220 e. The van der Waals surface area contributed by atoms with Crippen LogP contribution in [0, 0.1) is 0 Å². The third-order valence-corrected chi connectivity index (χ3v) is 9.12. The van der Waals surface area contributed by atoms with Crippen molar-refractivity contribution in [3.05, 3.63) is 92.5 Å². The highest BCUT2D eigenvalue weighted by atomic mass is 14.8. The van der Waals surface area contributed by atoms with Crippen molar-refractivity contribution in [2.45, 2.75) is 151 Å². The van der Waals surface area contributed by atoms with Gasteiger partial charge in [0.25, 0.3) is 0 Å². The van der Waals surface area contributed by atoms with Gasteiger partial charge in [0.1, 0.15) is 0 Å². The molecule has 4 heteroatoms. The first-order valence-electron chi connectivity index (χ1n) is 17.8. The summed E-state index contributed by atoms with van der Waals surface area (Å²) in [6.07, 6.45) is 0. The predicted molar refractivity (Wildman–Crippen MR) is 204 cm³/mol. The molecule has 0 N–H and O–H groups in total. The van der Waals surface area contributed by atoms with Gasteiger partial charge in [0, 0.05) is 0 Å². The maximum absolute atomic E-state index is 5.00. The normalized spacial score (nSPS) is 11.7. The van der Waals surface area contributed by atoms with E-state index in [1.165, 1.54) is 50.1 Å². The van der Waals surface area contributed by atoms with E-state index in [-0.39, 0.29) is 5.92 Å². The summed E-state index contributed by atoms with van der Waals surface area (Å²) < 4.78 is 0. The maximum Gasteiger partial charge on any atom is 0.0952 e. The zero-order valence-electron chi connectivity index (χ0n) is 31.8. The minimum Gasteiger partial charge on any atom is -0.220 e. The molecule has 0 aliphatic carbocycles. The Morgan fingerprint density at radius 1 is 0.468 bits per heavy atom. The quantitative estimate of drug-likeness (QED) is 0.168. The van der Waals surface area contributed by atoms with Crippen LogP contribution in [0.15, 0.2) is 62.4 Å². The topological polar surface area (TPSA) is 49.4 Å². The molecule has 4 nitrogen and oxygen atoms in total. The van der Waals surface area contributed by atoms with Gasteiger partial charge in [0.05, 0.1) is 36.5 Å². The Kier molecular flexibility index (Phi) is 13.7. The molecule has 0 fully saturated rings. The molecule has 0 aliphatic rings. The van der Waals surface area contributed by atoms with Crippen LogP contribution in [0.2, 0.25) is 0 Å². The summed E-state index contributed by atoms with van der Waals surface area (Å²) in [7, 11) is 0. The van der Waals surface area contributed by atoms with Gasteiger partial charge < -0.3 is 0 Å². The molecule has 0 bridgehead atoms. The van der Waals surface area contributed by atoms with Gasteiger partial charge in [0.15, 0.2) is 0 Å². The molecule has 3 aromatic rings. The summed E-state index contributed by atoms with van der Waals surface area (Å²) >= 11 is 0. The van der Waals surface area contributed by atoms with Crippen molar-refractivity contribution < 1.29 is 0 Å². The summed E-state index contributed by atoms with van der Waals surface area (Å²) in [5.41, 5.74) is 13.4. The molecule has 0 saturated heterocycles. The molecule has 0 atom stereocenters. The fourth-order valence-electron chi connectivity index (χ4n) is 6.45. The molecule has 47 heavy (non-hydrogen) atoms. The van der Waals surface area contributed by atoms with E-state index in [0.717, 1.165) is 11.4 Å². The van der Waals surface area contributed by atoms with Crippen LogP contribution in [-0.4, -0.2) is 12.0 Å². The van der Waals surface area contributed by atoms with Crippen LogP contribution in [0.4, 0.5) is 11.4 Å². The highest BCUT2D eigenvalue weighted by molar-refractivity contribution is 5.67. The average Bonchev–Trinajstić information content (AvgIpc) is 3.00. The second kappa shape index (κ2) is 17.0. The maximum atomic E-state index is 5.00. The van der Waals surface area contributed by atoms with Gasteiger partial charge in [-0.3, -0.25) is 0 Å². The zero-order chi connectivity index (χ0) is 35.0. The number of rotatable bonds is 13. The van der Waals surface area contributed by atoms with Crippen molar-refractivity contribution in [2.75, 3.05) is 0 Å². The first kappa shape index (κ1) is 37.9. The fraction of sp³-hybridized carbons (Fsp3) is 0.535. The molecule has 0 spiro atoms. The van der Waals surface area contributed by atoms with Gasteiger partial charge in [0.2, 0.25) is 0 Å². The van der Waals surface area contributed by atoms with E-state index in [1.54, 1.807) is 0 Å². The highest BCUT2D eigenvalue weighted by Crippen LogP contribution is 2.41. The lowest BCUT2D eigenvalue weighted by Gasteiger charge is -2.24. The second-order valence-corrected chi connectivity index (χ2v) is 15.2. The number of hydrogen-bond acceptors (Lipinski definition) is 4. The van der Waals surface area contributed by atoms with Crippen LogP contribution in [-0.2, 0) is 13.1 Å². The zero-order valence-corrected chi connectivity index (χ0v) is 31.8. The molecule has 0 saturated carbocycles. The van der Waals surface area contributed by atoms with E-state index in [1.807, 2.05) is 0 Å². The summed E-state index contributed by atoms with van der Waals surface area (Å²) in [4.78, 5) is 19.4. The monoisotopic (exact) mass is 632 g/mol. The molecule has 0 unspecified atom stereocenters. The second-order valence-electron chi connectivity index (χ2n) is 15.2. The Morgan fingerprint density at radius 2 is 0.979 bits per heavy atom. The predicted octanol–water partition coefficient (Wildman–Crippen LogP) is 13.6. The third kappa shape index (κ3) is 9.50. The van der Waals surface area contributed by atoms with E-state index in [9.17, 15) is 0 Å². The summed E-state index contributed by atoms with van der Waals surface area (Å²) in [6, 6.07) is 21.8. The summed E-state index contributed by atoms with van der Waals surface area (Å²) in [6.45, 7) is 32.4.